The van der Waals surface area contributed by atoms with Gasteiger partial charge < -0.3 is 14.6 Å². The van der Waals surface area contributed by atoms with Crippen LogP contribution in [0.1, 0.15) is 30.8 Å². The average Bonchev–Trinajstić information content (AvgIpc) is 3.00. The summed E-state index contributed by atoms with van der Waals surface area (Å²) in [5.41, 5.74) is 0. The minimum atomic E-state index is -0.358. The summed E-state index contributed by atoms with van der Waals surface area (Å²) >= 11 is 6.10. The quantitative estimate of drug-likeness (QED) is 0.906. The van der Waals surface area contributed by atoms with E-state index in [4.69, 9.17) is 20.9 Å². The summed E-state index contributed by atoms with van der Waals surface area (Å²) < 4.78 is 11.2. The summed E-state index contributed by atoms with van der Waals surface area (Å²) in [5, 5.41) is 7.99. The predicted octanol–water partition coefficient (Wildman–Crippen LogP) is 2.86. The molecule has 0 aliphatic carbocycles. The third-order valence-electron chi connectivity index (χ3n) is 3.75. The Morgan fingerprint density at radius 2 is 2.22 bits per heavy atom. The number of aromatic nitrogens is 2. The predicted molar refractivity (Wildman–Crippen MR) is 90.3 cm³/mol. The molecule has 0 saturated carbocycles. The fourth-order valence-corrected chi connectivity index (χ4v) is 2.60. The molecule has 2 unspecified atom stereocenters. The van der Waals surface area contributed by atoms with Crippen molar-refractivity contribution in [3.8, 4) is 5.75 Å². The van der Waals surface area contributed by atoms with Crippen molar-refractivity contribution in [2.24, 2.45) is 0 Å². The molecule has 3 rings (SSSR count). The molecule has 2 atom stereocenters. The van der Waals surface area contributed by atoms with Gasteiger partial charge in [0.1, 0.15) is 5.75 Å². The molecule has 0 amide bonds. The van der Waals surface area contributed by atoms with Crippen LogP contribution >= 0.6 is 24.0 Å². The van der Waals surface area contributed by atoms with Crippen molar-refractivity contribution >= 4 is 24.0 Å². The Hall–Kier alpha value is -1.34. The van der Waals surface area contributed by atoms with E-state index in [2.05, 4.69) is 27.4 Å². The highest BCUT2D eigenvalue weighted by molar-refractivity contribution is 6.32. The fraction of sp³-hybridized carbons (Fsp3) is 0.467. The lowest BCUT2D eigenvalue weighted by Crippen LogP contribution is -2.44. The molecule has 23 heavy (non-hydrogen) atoms. The Kier molecular flexibility index (Phi) is 6.24. The number of rotatable bonds is 4. The van der Waals surface area contributed by atoms with Gasteiger partial charge in [0, 0.05) is 19.6 Å². The standard InChI is InChI=1S/C15H19ClN4O2.ClH/c1-10(21-13-6-4-3-5-11(13)16)15-18-14(19-22-15)12-9-17-7-8-20(12)2;/h3-6,10,12,17H,7-9H2,1-2H3;1H. The van der Waals surface area contributed by atoms with Gasteiger partial charge in [0.05, 0.1) is 11.1 Å². The molecule has 2 aromatic rings. The zero-order valence-corrected chi connectivity index (χ0v) is 14.6. The van der Waals surface area contributed by atoms with E-state index in [0.29, 0.717) is 22.5 Å². The van der Waals surface area contributed by atoms with Gasteiger partial charge in [0.2, 0.25) is 0 Å². The van der Waals surface area contributed by atoms with Crippen LogP contribution in [-0.4, -0.2) is 41.7 Å². The van der Waals surface area contributed by atoms with Gasteiger partial charge in [0.25, 0.3) is 5.89 Å². The maximum absolute atomic E-state index is 6.10. The molecule has 1 saturated heterocycles. The maximum atomic E-state index is 6.10. The SMILES string of the molecule is CC(Oc1ccccc1Cl)c1nc(C2CNCCN2C)no1.Cl. The van der Waals surface area contributed by atoms with Crippen LogP contribution in [-0.2, 0) is 0 Å². The second-order valence-electron chi connectivity index (χ2n) is 5.38. The van der Waals surface area contributed by atoms with Gasteiger partial charge in [0.15, 0.2) is 11.9 Å². The molecule has 0 bridgehead atoms. The van der Waals surface area contributed by atoms with Crippen LogP contribution in [0.15, 0.2) is 28.8 Å². The normalized spacial score (nSPS) is 19.9. The Morgan fingerprint density at radius 1 is 1.43 bits per heavy atom. The number of hydrogen-bond acceptors (Lipinski definition) is 6. The first-order valence-electron chi connectivity index (χ1n) is 7.31. The Morgan fingerprint density at radius 3 is 2.96 bits per heavy atom. The second-order valence-corrected chi connectivity index (χ2v) is 5.79. The van der Waals surface area contributed by atoms with Crippen molar-refractivity contribution in [1.82, 2.24) is 20.4 Å². The fourth-order valence-electron chi connectivity index (χ4n) is 2.42. The van der Waals surface area contributed by atoms with Crippen molar-refractivity contribution in [1.29, 1.82) is 0 Å². The van der Waals surface area contributed by atoms with Crippen LogP contribution in [0.25, 0.3) is 0 Å². The molecule has 126 valence electrons. The number of halogens is 2. The van der Waals surface area contributed by atoms with Crippen LogP contribution in [0.2, 0.25) is 5.02 Å². The molecule has 1 aromatic carbocycles. The van der Waals surface area contributed by atoms with Gasteiger partial charge in [-0.25, -0.2) is 0 Å². The molecule has 0 radical (unpaired) electrons. The summed E-state index contributed by atoms with van der Waals surface area (Å²) in [4.78, 5) is 6.70. The lowest BCUT2D eigenvalue weighted by Gasteiger charge is -2.30. The highest BCUT2D eigenvalue weighted by Crippen LogP contribution is 2.28. The molecule has 1 N–H and O–H groups in total. The third kappa shape index (κ3) is 4.14. The van der Waals surface area contributed by atoms with Crippen molar-refractivity contribution < 1.29 is 9.26 Å². The third-order valence-corrected chi connectivity index (χ3v) is 4.07. The number of hydrogen-bond donors (Lipinski definition) is 1. The number of nitrogens with one attached hydrogen (secondary N) is 1. The van der Waals surface area contributed by atoms with Crippen molar-refractivity contribution in [2.45, 2.75) is 19.1 Å². The minimum absolute atomic E-state index is 0. The van der Waals surface area contributed by atoms with Crippen molar-refractivity contribution in [3.63, 3.8) is 0 Å². The lowest BCUT2D eigenvalue weighted by atomic mass is 10.2. The first kappa shape index (κ1) is 18.0. The summed E-state index contributed by atoms with van der Waals surface area (Å²) in [6, 6.07) is 7.45. The van der Waals surface area contributed by atoms with Gasteiger partial charge in [-0.05, 0) is 26.1 Å². The molecule has 1 aliphatic heterocycles. The van der Waals surface area contributed by atoms with Crippen LogP contribution in [0, 0.1) is 0 Å². The Balaban J connectivity index is 0.00000192. The van der Waals surface area contributed by atoms with E-state index < -0.39 is 0 Å². The van der Waals surface area contributed by atoms with E-state index in [1.54, 1.807) is 6.07 Å². The minimum Gasteiger partial charge on any atom is -0.479 e. The zero-order chi connectivity index (χ0) is 15.5. The van der Waals surface area contributed by atoms with Gasteiger partial charge in [-0.15, -0.1) is 12.4 Å². The number of piperazine rings is 1. The van der Waals surface area contributed by atoms with Crippen LogP contribution < -0.4 is 10.1 Å². The van der Waals surface area contributed by atoms with E-state index in [-0.39, 0.29) is 24.6 Å². The summed E-state index contributed by atoms with van der Waals surface area (Å²) in [7, 11) is 2.06. The molecule has 0 spiro atoms. The van der Waals surface area contributed by atoms with Gasteiger partial charge >= 0.3 is 0 Å². The summed E-state index contributed by atoms with van der Waals surface area (Å²) in [6.45, 7) is 4.61. The van der Waals surface area contributed by atoms with Crippen LogP contribution in [0.4, 0.5) is 0 Å². The maximum Gasteiger partial charge on any atom is 0.267 e. The first-order valence-corrected chi connectivity index (χ1v) is 7.68. The topological polar surface area (TPSA) is 63.4 Å². The van der Waals surface area contributed by atoms with E-state index in [1.807, 2.05) is 25.1 Å². The molecule has 2 heterocycles. The lowest BCUT2D eigenvalue weighted by molar-refractivity contribution is 0.173. The molecular weight excluding hydrogens is 339 g/mol. The number of nitrogens with zero attached hydrogens (tertiary/aromatic N) is 3. The first-order chi connectivity index (χ1) is 10.6. The Labute approximate surface area is 146 Å². The largest absolute Gasteiger partial charge is 0.479 e. The van der Waals surface area contributed by atoms with Gasteiger partial charge in [-0.1, -0.05) is 28.9 Å². The molecule has 1 aliphatic rings. The number of likely N-dealkylation sites (N-methyl/N-ethyl adjacent to an activating group) is 1. The van der Waals surface area contributed by atoms with Crippen molar-refractivity contribution in [3.05, 3.63) is 41.0 Å². The van der Waals surface area contributed by atoms with E-state index in [0.717, 1.165) is 19.6 Å². The number of ether oxygens (including phenoxy) is 1. The molecule has 1 aromatic heterocycles. The van der Waals surface area contributed by atoms with Crippen LogP contribution in [0.5, 0.6) is 5.75 Å². The molecule has 8 heteroatoms. The number of para-hydroxylation sites is 1. The van der Waals surface area contributed by atoms with Crippen LogP contribution in [0.3, 0.4) is 0 Å². The molecule has 1 fully saturated rings. The monoisotopic (exact) mass is 358 g/mol. The van der Waals surface area contributed by atoms with Crippen molar-refractivity contribution in [2.75, 3.05) is 26.7 Å². The molecular formula is C15H20Cl2N4O2. The van der Waals surface area contributed by atoms with E-state index in [1.165, 1.54) is 0 Å². The molecule has 6 nitrogen and oxygen atoms in total. The number of benzene rings is 1. The highest BCUT2D eigenvalue weighted by atomic mass is 35.5. The summed E-state index contributed by atoms with van der Waals surface area (Å²) in [5.74, 6) is 1.74. The van der Waals surface area contributed by atoms with E-state index in [9.17, 15) is 0 Å². The van der Waals surface area contributed by atoms with Gasteiger partial charge in [-0.2, -0.15) is 4.98 Å². The van der Waals surface area contributed by atoms with Gasteiger partial charge in [-0.3, -0.25) is 4.90 Å². The summed E-state index contributed by atoms with van der Waals surface area (Å²) in [6.07, 6.45) is -0.358. The van der Waals surface area contributed by atoms with E-state index >= 15 is 0 Å². The Bertz CT molecular complexity index is 637. The zero-order valence-electron chi connectivity index (χ0n) is 13.0. The second kappa shape index (κ2) is 7.97. The average molecular weight is 359 g/mol. The smallest absolute Gasteiger partial charge is 0.267 e. The highest BCUT2D eigenvalue weighted by Gasteiger charge is 2.26.